The van der Waals surface area contributed by atoms with Crippen LogP contribution in [0.3, 0.4) is 0 Å². The lowest BCUT2D eigenvalue weighted by Gasteiger charge is -2.22. The topological polar surface area (TPSA) is 64.4 Å². The van der Waals surface area contributed by atoms with E-state index >= 15 is 0 Å². The first-order chi connectivity index (χ1) is 15.6. The number of rotatable bonds is 9. The van der Waals surface area contributed by atoms with Gasteiger partial charge in [-0.3, -0.25) is 14.2 Å². The molecule has 6 nitrogen and oxygen atoms in total. The summed E-state index contributed by atoms with van der Waals surface area (Å²) in [5, 5.41) is 5.16. The predicted molar refractivity (Wildman–Crippen MR) is 133 cm³/mol. The quantitative estimate of drug-likeness (QED) is 0.258. The molecule has 0 unspecified atom stereocenters. The highest BCUT2D eigenvalue weighted by Gasteiger charge is 2.19. The average Bonchev–Trinajstić information content (AvgIpc) is 3.48. The fourth-order valence-electron chi connectivity index (χ4n) is 3.31. The summed E-state index contributed by atoms with van der Waals surface area (Å²) in [7, 11) is 3.34. The number of hydrogen-bond acceptors (Lipinski definition) is 7. The third-order valence-corrected chi connectivity index (χ3v) is 7.81. The zero-order valence-corrected chi connectivity index (χ0v) is 20.3. The summed E-state index contributed by atoms with van der Waals surface area (Å²) in [5.41, 5.74) is 1.90. The molecular formula is C23H23N3O3S3. The van der Waals surface area contributed by atoms with Crippen LogP contribution in [-0.4, -0.2) is 46.4 Å². The van der Waals surface area contributed by atoms with Crippen LogP contribution >= 0.6 is 34.4 Å². The van der Waals surface area contributed by atoms with E-state index in [4.69, 9.17) is 9.72 Å². The number of thioether (sulfide) groups is 1. The van der Waals surface area contributed by atoms with Crippen molar-refractivity contribution >= 4 is 50.6 Å². The van der Waals surface area contributed by atoms with E-state index in [-0.39, 0.29) is 17.2 Å². The predicted octanol–water partition coefficient (Wildman–Crippen LogP) is 4.49. The molecule has 0 aliphatic carbocycles. The molecule has 1 aromatic carbocycles. The minimum atomic E-state index is -0.0878. The van der Waals surface area contributed by atoms with E-state index in [2.05, 4.69) is 0 Å². The van der Waals surface area contributed by atoms with Crippen LogP contribution < -0.4 is 5.56 Å². The van der Waals surface area contributed by atoms with E-state index in [1.54, 1.807) is 35.0 Å². The molecule has 0 aliphatic heterocycles. The molecule has 0 aliphatic rings. The number of aromatic nitrogens is 2. The normalized spacial score (nSPS) is 11.2. The van der Waals surface area contributed by atoms with Gasteiger partial charge in [0, 0.05) is 43.1 Å². The van der Waals surface area contributed by atoms with Crippen LogP contribution in [0.25, 0.3) is 20.7 Å². The SMILES string of the molecule is COCCN(Cc1ccccc1)C(=O)CSc1nc2scc(-c3cccs3)c2c(=O)n1C. The summed E-state index contributed by atoms with van der Waals surface area (Å²) >= 11 is 4.36. The Kier molecular flexibility index (Phi) is 7.41. The molecule has 3 aromatic heterocycles. The number of ether oxygens (including phenoxy) is 1. The van der Waals surface area contributed by atoms with Crippen molar-refractivity contribution in [1.29, 1.82) is 0 Å². The Balaban J connectivity index is 1.53. The van der Waals surface area contributed by atoms with E-state index in [1.807, 2.05) is 53.2 Å². The lowest BCUT2D eigenvalue weighted by molar-refractivity contribution is -0.129. The fraction of sp³-hybridized carbons (Fsp3) is 0.261. The Labute approximate surface area is 198 Å². The Morgan fingerprint density at radius 3 is 2.72 bits per heavy atom. The summed E-state index contributed by atoms with van der Waals surface area (Å²) < 4.78 is 6.73. The van der Waals surface area contributed by atoms with E-state index in [9.17, 15) is 9.59 Å². The summed E-state index contributed by atoms with van der Waals surface area (Å²) in [5.74, 6) is 0.182. The summed E-state index contributed by atoms with van der Waals surface area (Å²) in [6.07, 6.45) is 0. The van der Waals surface area contributed by atoms with Gasteiger partial charge in [0.25, 0.3) is 5.56 Å². The highest BCUT2D eigenvalue weighted by Crippen LogP contribution is 2.34. The van der Waals surface area contributed by atoms with Crippen molar-refractivity contribution in [2.45, 2.75) is 11.7 Å². The molecule has 0 fully saturated rings. The minimum absolute atomic E-state index is 0.0179. The van der Waals surface area contributed by atoms with Crippen molar-refractivity contribution in [1.82, 2.24) is 14.5 Å². The molecule has 0 saturated heterocycles. The van der Waals surface area contributed by atoms with Gasteiger partial charge in [-0.15, -0.1) is 22.7 Å². The van der Waals surface area contributed by atoms with Gasteiger partial charge in [0.1, 0.15) is 4.83 Å². The van der Waals surface area contributed by atoms with Crippen LogP contribution in [0, 0.1) is 0 Å². The average molecular weight is 486 g/mol. The van der Waals surface area contributed by atoms with Crippen molar-refractivity contribution in [3.8, 4) is 10.4 Å². The molecule has 9 heteroatoms. The van der Waals surface area contributed by atoms with Gasteiger partial charge < -0.3 is 9.64 Å². The van der Waals surface area contributed by atoms with Crippen molar-refractivity contribution in [2.75, 3.05) is 26.0 Å². The van der Waals surface area contributed by atoms with Gasteiger partial charge in [0.05, 0.1) is 17.7 Å². The number of carbonyl (C=O) groups is 1. The van der Waals surface area contributed by atoms with Crippen LogP contribution in [0.15, 0.2) is 63.2 Å². The molecule has 0 bridgehead atoms. The number of hydrogen-bond donors (Lipinski definition) is 0. The number of carbonyl (C=O) groups excluding carboxylic acids is 1. The monoisotopic (exact) mass is 485 g/mol. The van der Waals surface area contributed by atoms with Crippen LogP contribution in [0.5, 0.6) is 0 Å². The Hall–Kier alpha value is -2.46. The van der Waals surface area contributed by atoms with Gasteiger partial charge in [0.15, 0.2) is 5.16 Å². The van der Waals surface area contributed by atoms with E-state index in [0.29, 0.717) is 35.1 Å². The van der Waals surface area contributed by atoms with Gasteiger partial charge >= 0.3 is 0 Å². The van der Waals surface area contributed by atoms with E-state index < -0.39 is 0 Å². The molecule has 0 saturated carbocycles. The Morgan fingerprint density at radius 2 is 2.00 bits per heavy atom. The Bertz CT molecular complexity index is 1250. The molecule has 166 valence electrons. The van der Waals surface area contributed by atoms with E-state index in [1.165, 1.54) is 23.1 Å². The second kappa shape index (κ2) is 10.4. The maximum Gasteiger partial charge on any atom is 0.263 e. The summed E-state index contributed by atoms with van der Waals surface area (Å²) in [6, 6.07) is 13.9. The number of amides is 1. The lowest BCUT2D eigenvalue weighted by Crippen LogP contribution is -2.35. The van der Waals surface area contributed by atoms with Crippen LogP contribution in [0.2, 0.25) is 0 Å². The van der Waals surface area contributed by atoms with Crippen molar-refractivity contribution in [3.63, 3.8) is 0 Å². The maximum atomic E-state index is 13.1. The molecule has 0 N–H and O–H groups in total. The molecule has 32 heavy (non-hydrogen) atoms. The molecule has 0 atom stereocenters. The molecule has 0 radical (unpaired) electrons. The van der Waals surface area contributed by atoms with Gasteiger partial charge in [-0.2, -0.15) is 0 Å². The molecule has 4 aromatic rings. The number of fused-ring (bicyclic) bond motifs is 1. The minimum Gasteiger partial charge on any atom is -0.383 e. The standard InChI is InChI=1S/C23H23N3O3S3/c1-25-22(28)20-17(18-9-6-12-30-18)14-31-21(20)24-23(25)32-15-19(27)26(10-11-29-2)13-16-7-4-3-5-8-16/h3-9,12,14H,10-11,13,15H2,1-2H3. The van der Waals surface area contributed by atoms with E-state index in [0.717, 1.165) is 16.0 Å². The smallest absolute Gasteiger partial charge is 0.263 e. The first-order valence-electron chi connectivity index (χ1n) is 10.0. The van der Waals surface area contributed by atoms with Gasteiger partial charge in [0.2, 0.25) is 5.91 Å². The van der Waals surface area contributed by atoms with Crippen LogP contribution in [0.1, 0.15) is 5.56 Å². The Morgan fingerprint density at radius 1 is 1.19 bits per heavy atom. The number of thiophene rings is 2. The van der Waals surface area contributed by atoms with Crippen molar-refractivity contribution in [3.05, 3.63) is 69.1 Å². The van der Waals surface area contributed by atoms with Crippen molar-refractivity contribution < 1.29 is 9.53 Å². The zero-order valence-electron chi connectivity index (χ0n) is 17.8. The lowest BCUT2D eigenvalue weighted by atomic mass is 10.2. The number of nitrogens with zero attached hydrogens (tertiary/aromatic N) is 3. The number of methoxy groups -OCH3 is 1. The molecule has 0 spiro atoms. The van der Waals surface area contributed by atoms with Gasteiger partial charge in [-0.05, 0) is 17.0 Å². The fourth-order valence-corrected chi connectivity index (χ4v) is 5.99. The number of benzene rings is 1. The van der Waals surface area contributed by atoms with Crippen LogP contribution in [0.4, 0.5) is 0 Å². The third-order valence-electron chi connectivity index (χ3n) is 5.02. The highest BCUT2D eigenvalue weighted by atomic mass is 32.2. The molecular weight excluding hydrogens is 462 g/mol. The van der Waals surface area contributed by atoms with Crippen molar-refractivity contribution in [2.24, 2.45) is 7.05 Å². The molecule has 3 heterocycles. The summed E-state index contributed by atoms with van der Waals surface area (Å²) in [6.45, 7) is 1.49. The maximum absolute atomic E-state index is 13.1. The summed E-state index contributed by atoms with van der Waals surface area (Å²) in [4.78, 5) is 34.3. The van der Waals surface area contributed by atoms with Gasteiger partial charge in [-0.1, -0.05) is 48.2 Å². The molecule has 4 rings (SSSR count). The highest BCUT2D eigenvalue weighted by molar-refractivity contribution is 7.99. The first-order valence-corrected chi connectivity index (χ1v) is 12.8. The molecule has 1 amide bonds. The zero-order chi connectivity index (χ0) is 22.5. The second-order valence-corrected chi connectivity index (χ2v) is 9.90. The van der Waals surface area contributed by atoms with Crippen LogP contribution in [-0.2, 0) is 23.1 Å². The first kappa shape index (κ1) is 22.7. The largest absolute Gasteiger partial charge is 0.383 e. The second-order valence-electron chi connectivity index (χ2n) is 7.15. The third kappa shape index (κ3) is 4.96. The van der Waals surface area contributed by atoms with Gasteiger partial charge in [-0.25, -0.2) is 4.98 Å².